The minimum Gasteiger partial charge on any atom is -0.325 e. The fraction of sp³-hybridized carbons (Fsp3) is 0.0417. The van der Waals surface area contributed by atoms with Gasteiger partial charge >= 0.3 is 0 Å². The zero-order valence-electron chi connectivity index (χ0n) is 18.4. The van der Waals surface area contributed by atoms with Crippen molar-refractivity contribution in [1.82, 2.24) is 15.0 Å². The number of pyridine rings is 1. The molecule has 0 bridgehead atoms. The molecule has 180 valence electrons. The van der Waals surface area contributed by atoms with Gasteiger partial charge in [-0.1, -0.05) is 35.5 Å². The SMILES string of the molecule is N#Cc1ccc(-c2ccc(Cl)cc2)nc1SCC(=O)Nc1ccc(S(=O)(=O)Nc2ncccn2)cc1. The number of anilines is 2. The fourth-order valence-electron chi connectivity index (χ4n) is 3.00. The maximum atomic E-state index is 12.5. The van der Waals surface area contributed by atoms with Crippen molar-refractivity contribution in [3.63, 3.8) is 0 Å². The Morgan fingerprint density at radius 2 is 1.69 bits per heavy atom. The van der Waals surface area contributed by atoms with E-state index in [-0.39, 0.29) is 22.5 Å². The van der Waals surface area contributed by atoms with Gasteiger partial charge in [0.1, 0.15) is 11.1 Å². The van der Waals surface area contributed by atoms with Crippen molar-refractivity contribution in [3.8, 4) is 17.3 Å². The van der Waals surface area contributed by atoms with Crippen LogP contribution >= 0.6 is 23.4 Å². The number of carbonyl (C=O) groups is 1. The molecule has 2 N–H and O–H groups in total. The van der Waals surface area contributed by atoms with Gasteiger partial charge in [-0.3, -0.25) is 4.79 Å². The molecule has 36 heavy (non-hydrogen) atoms. The lowest BCUT2D eigenvalue weighted by Crippen LogP contribution is -2.16. The molecule has 0 saturated heterocycles. The highest BCUT2D eigenvalue weighted by Gasteiger charge is 2.16. The van der Waals surface area contributed by atoms with Gasteiger partial charge in [0, 0.05) is 28.7 Å². The van der Waals surface area contributed by atoms with Crippen molar-refractivity contribution in [2.75, 3.05) is 15.8 Å². The maximum Gasteiger partial charge on any atom is 0.264 e. The van der Waals surface area contributed by atoms with Crippen LogP contribution in [-0.4, -0.2) is 35.0 Å². The molecule has 0 aliphatic carbocycles. The fourth-order valence-corrected chi connectivity index (χ4v) is 4.85. The molecule has 0 aliphatic rings. The van der Waals surface area contributed by atoms with Crippen LogP contribution in [0.1, 0.15) is 5.56 Å². The predicted molar refractivity (Wildman–Crippen MR) is 138 cm³/mol. The average Bonchev–Trinajstić information content (AvgIpc) is 2.88. The number of halogens is 1. The van der Waals surface area contributed by atoms with Crippen LogP contribution in [0.15, 0.2) is 89.0 Å². The number of nitrogens with one attached hydrogen (secondary N) is 2. The summed E-state index contributed by atoms with van der Waals surface area (Å²) < 4.78 is 27.2. The molecule has 2 aromatic carbocycles. The Labute approximate surface area is 216 Å². The largest absolute Gasteiger partial charge is 0.325 e. The number of rotatable bonds is 8. The number of amides is 1. The van der Waals surface area contributed by atoms with Crippen molar-refractivity contribution in [1.29, 1.82) is 5.26 Å². The van der Waals surface area contributed by atoms with Gasteiger partial charge in [0.05, 0.1) is 21.9 Å². The molecule has 0 saturated carbocycles. The molecule has 1 amide bonds. The predicted octanol–water partition coefficient (Wildman–Crippen LogP) is 4.60. The third-order valence-electron chi connectivity index (χ3n) is 4.70. The van der Waals surface area contributed by atoms with Gasteiger partial charge in [0.25, 0.3) is 10.0 Å². The number of carbonyl (C=O) groups excluding carboxylic acids is 1. The summed E-state index contributed by atoms with van der Waals surface area (Å²) in [5, 5.41) is 13.2. The topological polar surface area (TPSA) is 138 Å². The van der Waals surface area contributed by atoms with E-state index in [1.807, 2.05) is 12.1 Å². The van der Waals surface area contributed by atoms with Gasteiger partial charge in [0.15, 0.2) is 0 Å². The minimum atomic E-state index is -3.88. The number of nitriles is 1. The zero-order chi connectivity index (χ0) is 25.5. The number of hydrogen-bond donors (Lipinski definition) is 2. The number of hydrogen-bond acceptors (Lipinski definition) is 8. The summed E-state index contributed by atoms with van der Waals surface area (Å²) in [6.07, 6.45) is 2.84. The number of nitrogens with zero attached hydrogens (tertiary/aromatic N) is 4. The van der Waals surface area contributed by atoms with Crippen molar-refractivity contribution < 1.29 is 13.2 Å². The van der Waals surface area contributed by atoms with Crippen LogP contribution in [0.2, 0.25) is 5.02 Å². The van der Waals surface area contributed by atoms with Crippen molar-refractivity contribution in [2.45, 2.75) is 9.92 Å². The highest BCUT2D eigenvalue weighted by Crippen LogP contribution is 2.26. The first-order valence-corrected chi connectivity index (χ1v) is 13.2. The number of thioether (sulfide) groups is 1. The van der Waals surface area contributed by atoms with E-state index in [9.17, 15) is 18.5 Å². The van der Waals surface area contributed by atoms with E-state index in [0.717, 1.165) is 17.3 Å². The standard InChI is InChI=1S/C24H17ClN6O3S2/c25-18-5-2-16(3-6-18)21-11-4-17(14-26)23(30-21)35-15-22(32)29-19-7-9-20(10-8-19)36(33,34)31-24-27-12-1-13-28-24/h1-13H,15H2,(H,29,32)(H,27,28,31). The van der Waals surface area contributed by atoms with E-state index in [1.165, 1.54) is 36.7 Å². The molecule has 0 atom stereocenters. The third kappa shape index (κ3) is 6.37. The minimum absolute atomic E-state index is 0.00129. The summed E-state index contributed by atoms with van der Waals surface area (Å²) in [4.78, 5) is 24.7. The van der Waals surface area contributed by atoms with Crippen LogP contribution < -0.4 is 10.0 Å². The van der Waals surface area contributed by atoms with Crippen LogP contribution in [0.5, 0.6) is 0 Å². The number of sulfonamides is 1. The van der Waals surface area contributed by atoms with E-state index < -0.39 is 10.0 Å². The maximum absolute atomic E-state index is 12.5. The Kier molecular flexibility index (Phi) is 7.80. The lowest BCUT2D eigenvalue weighted by Gasteiger charge is -2.09. The normalized spacial score (nSPS) is 10.9. The highest BCUT2D eigenvalue weighted by molar-refractivity contribution is 8.00. The molecule has 2 heterocycles. The molecule has 0 spiro atoms. The molecular formula is C24H17ClN6O3S2. The highest BCUT2D eigenvalue weighted by atomic mass is 35.5. The van der Waals surface area contributed by atoms with Crippen molar-refractivity contribution >= 4 is 50.9 Å². The monoisotopic (exact) mass is 536 g/mol. The van der Waals surface area contributed by atoms with Crippen molar-refractivity contribution in [3.05, 3.63) is 89.7 Å². The van der Waals surface area contributed by atoms with Crippen LogP contribution in [0.25, 0.3) is 11.3 Å². The second-order valence-corrected chi connectivity index (χ2v) is 10.3. The molecule has 2 aromatic heterocycles. The van der Waals surface area contributed by atoms with Crippen molar-refractivity contribution in [2.24, 2.45) is 0 Å². The van der Waals surface area contributed by atoms with Gasteiger partial charge in [-0.15, -0.1) is 0 Å². The summed E-state index contributed by atoms with van der Waals surface area (Å²) >= 11 is 7.07. The van der Waals surface area contributed by atoms with Crippen LogP contribution in [0.4, 0.5) is 11.6 Å². The van der Waals surface area contributed by atoms with Gasteiger partial charge in [-0.05, 0) is 54.6 Å². The van der Waals surface area contributed by atoms with E-state index in [2.05, 4.69) is 31.1 Å². The Morgan fingerprint density at radius 3 is 2.36 bits per heavy atom. The number of aromatic nitrogens is 3. The Hall–Kier alpha value is -3.98. The van der Waals surface area contributed by atoms with E-state index in [0.29, 0.717) is 27.0 Å². The molecular weight excluding hydrogens is 520 g/mol. The molecule has 4 aromatic rings. The summed E-state index contributed by atoms with van der Waals surface area (Å²) in [5.74, 6) is -0.384. The van der Waals surface area contributed by atoms with Gasteiger partial charge < -0.3 is 5.32 Å². The summed E-state index contributed by atoms with van der Waals surface area (Å²) in [7, 11) is -3.88. The Bertz CT molecular complexity index is 1530. The molecule has 4 rings (SSSR count). The molecule has 0 unspecified atom stereocenters. The van der Waals surface area contributed by atoms with Gasteiger partial charge in [-0.2, -0.15) is 5.26 Å². The average molecular weight is 537 g/mol. The smallest absolute Gasteiger partial charge is 0.264 e. The first-order chi connectivity index (χ1) is 17.3. The quantitative estimate of drug-likeness (QED) is 0.312. The van der Waals surface area contributed by atoms with E-state index in [4.69, 9.17) is 11.6 Å². The lowest BCUT2D eigenvalue weighted by molar-refractivity contribution is -0.113. The molecule has 0 fully saturated rings. The van der Waals surface area contributed by atoms with Gasteiger partial charge in [-0.25, -0.2) is 28.1 Å². The molecule has 12 heteroatoms. The molecule has 0 radical (unpaired) electrons. The Morgan fingerprint density at radius 1 is 1.00 bits per heavy atom. The summed E-state index contributed by atoms with van der Waals surface area (Å²) in [6, 6.07) is 19.9. The first kappa shape index (κ1) is 25.1. The second kappa shape index (κ2) is 11.2. The summed E-state index contributed by atoms with van der Waals surface area (Å²) in [6.45, 7) is 0. The van der Waals surface area contributed by atoms with Crippen LogP contribution in [-0.2, 0) is 14.8 Å². The summed E-state index contributed by atoms with van der Waals surface area (Å²) in [5.41, 5.74) is 2.26. The van der Waals surface area contributed by atoms with Gasteiger partial charge in [0.2, 0.25) is 11.9 Å². The zero-order valence-corrected chi connectivity index (χ0v) is 20.8. The van der Waals surface area contributed by atoms with Crippen LogP contribution in [0.3, 0.4) is 0 Å². The lowest BCUT2D eigenvalue weighted by atomic mass is 10.1. The molecule has 0 aliphatic heterocycles. The third-order valence-corrected chi connectivity index (χ3v) is 7.29. The Balaban J connectivity index is 1.39. The van der Waals surface area contributed by atoms with E-state index in [1.54, 1.807) is 30.3 Å². The second-order valence-electron chi connectivity index (χ2n) is 7.21. The number of benzene rings is 2. The molecule has 9 nitrogen and oxygen atoms in total. The van der Waals surface area contributed by atoms with Crippen LogP contribution in [0, 0.1) is 11.3 Å². The van der Waals surface area contributed by atoms with E-state index >= 15 is 0 Å². The first-order valence-electron chi connectivity index (χ1n) is 10.3.